The maximum absolute atomic E-state index is 10.5. The quantitative estimate of drug-likeness (QED) is 0.244. The van der Waals surface area contributed by atoms with E-state index in [1.165, 1.54) is 6.92 Å². The predicted octanol–water partition coefficient (Wildman–Crippen LogP) is 1.60. The number of amidine groups is 1. The Balaban J connectivity index is 2.26. The minimum Gasteiger partial charge on any atom is -0.464 e. The number of rotatable bonds is 9. The smallest absolute Gasteiger partial charge is 0.266 e. The summed E-state index contributed by atoms with van der Waals surface area (Å²) in [7, 11) is 3.98. The third kappa shape index (κ3) is 6.63. The standard InChI is InChI=1S/C13H22N4O3S/c1-10(17(18)19)13(14)15-6-7-21-9-12-5-4-11(20-12)8-16(2)3/h4-5,10H,6-9H2,1-3H3,(H2,14,15). The van der Waals surface area contributed by atoms with Crippen molar-refractivity contribution < 1.29 is 9.34 Å². The molecule has 0 saturated heterocycles. The lowest BCUT2D eigenvalue weighted by molar-refractivity contribution is -0.498. The molecule has 0 aliphatic carbocycles. The van der Waals surface area contributed by atoms with Gasteiger partial charge in [-0.25, -0.2) is 0 Å². The van der Waals surface area contributed by atoms with E-state index in [2.05, 4.69) is 4.99 Å². The summed E-state index contributed by atoms with van der Waals surface area (Å²) in [5.74, 6) is 3.44. The molecule has 0 aromatic carbocycles. The maximum atomic E-state index is 10.5. The first-order valence-corrected chi connectivity index (χ1v) is 7.79. The highest BCUT2D eigenvalue weighted by molar-refractivity contribution is 7.98. The van der Waals surface area contributed by atoms with Crippen molar-refractivity contribution in [1.82, 2.24) is 4.90 Å². The van der Waals surface area contributed by atoms with Gasteiger partial charge in [0.25, 0.3) is 6.04 Å². The van der Waals surface area contributed by atoms with E-state index in [4.69, 9.17) is 10.2 Å². The monoisotopic (exact) mass is 314 g/mol. The molecular formula is C13H22N4O3S. The largest absolute Gasteiger partial charge is 0.464 e. The van der Waals surface area contributed by atoms with E-state index < -0.39 is 11.0 Å². The lowest BCUT2D eigenvalue weighted by atomic mass is 10.3. The molecule has 21 heavy (non-hydrogen) atoms. The molecule has 0 aliphatic heterocycles. The van der Waals surface area contributed by atoms with E-state index in [1.807, 2.05) is 31.1 Å². The lowest BCUT2D eigenvalue weighted by Gasteiger charge is -2.05. The Bertz CT molecular complexity index is 488. The highest BCUT2D eigenvalue weighted by atomic mass is 32.2. The van der Waals surface area contributed by atoms with Crippen molar-refractivity contribution in [2.24, 2.45) is 10.7 Å². The third-order valence-electron chi connectivity index (χ3n) is 2.71. The van der Waals surface area contributed by atoms with Crippen LogP contribution in [0.25, 0.3) is 0 Å². The van der Waals surface area contributed by atoms with Gasteiger partial charge >= 0.3 is 0 Å². The highest BCUT2D eigenvalue weighted by Crippen LogP contribution is 2.16. The van der Waals surface area contributed by atoms with Gasteiger partial charge in [-0.1, -0.05) is 0 Å². The molecule has 1 aromatic rings. The zero-order chi connectivity index (χ0) is 15.8. The molecule has 0 aliphatic rings. The van der Waals surface area contributed by atoms with Gasteiger partial charge in [0, 0.05) is 17.6 Å². The molecule has 0 amide bonds. The Labute approximate surface area is 128 Å². The van der Waals surface area contributed by atoms with E-state index in [0.29, 0.717) is 6.54 Å². The van der Waals surface area contributed by atoms with Crippen LogP contribution in [0.2, 0.25) is 0 Å². The van der Waals surface area contributed by atoms with Crippen molar-refractivity contribution in [3.05, 3.63) is 33.8 Å². The molecule has 0 spiro atoms. The van der Waals surface area contributed by atoms with Crippen molar-refractivity contribution in [3.63, 3.8) is 0 Å². The van der Waals surface area contributed by atoms with Gasteiger partial charge in [0.1, 0.15) is 11.5 Å². The van der Waals surface area contributed by atoms with Crippen molar-refractivity contribution in [2.45, 2.75) is 25.3 Å². The Morgan fingerprint density at radius 3 is 2.81 bits per heavy atom. The second-order valence-corrected chi connectivity index (χ2v) is 6.03. The minimum absolute atomic E-state index is 0.0758. The SMILES string of the molecule is CC(C(N)=NCCSCc1ccc(CN(C)C)o1)[N+](=O)[O-]. The van der Waals surface area contributed by atoms with Crippen LogP contribution in [0, 0.1) is 10.1 Å². The van der Waals surface area contributed by atoms with Crippen LogP contribution in [0.3, 0.4) is 0 Å². The zero-order valence-electron chi connectivity index (χ0n) is 12.6. The van der Waals surface area contributed by atoms with Crippen molar-refractivity contribution >= 4 is 17.6 Å². The summed E-state index contributed by atoms with van der Waals surface area (Å²) in [6.45, 7) is 2.69. The van der Waals surface area contributed by atoms with Crippen molar-refractivity contribution in [2.75, 3.05) is 26.4 Å². The fourth-order valence-corrected chi connectivity index (χ4v) is 2.27. The van der Waals surface area contributed by atoms with E-state index in [0.717, 1.165) is 29.6 Å². The third-order valence-corrected chi connectivity index (χ3v) is 3.67. The summed E-state index contributed by atoms with van der Waals surface area (Å²) in [5, 5.41) is 10.5. The van der Waals surface area contributed by atoms with Crippen molar-refractivity contribution in [3.8, 4) is 0 Å². The van der Waals surface area contributed by atoms with Crippen LogP contribution < -0.4 is 5.73 Å². The van der Waals surface area contributed by atoms with Gasteiger partial charge in [-0.2, -0.15) is 11.8 Å². The van der Waals surface area contributed by atoms with E-state index in [1.54, 1.807) is 11.8 Å². The average molecular weight is 314 g/mol. The average Bonchev–Trinajstić information content (AvgIpc) is 2.83. The molecule has 1 heterocycles. The number of furan rings is 1. The summed E-state index contributed by atoms with van der Waals surface area (Å²) < 4.78 is 5.68. The molecule has 0 radical (unpaired) electrons. The van der Waals surface area contributed by atoms with Gasteiger partial charge in [0.05, 0.1) is 18.8 Å². The second kappa shape index (κ2) is 8.68. The van der Waals surface area contributed by atoms with Gasteiger partial charge in [-0.3, -0.25) is 15.1 Å². The molecule has 118 valence electrons. The number of thioether (sulfide) groups is 1. The molecule has 1 atom stereocenters. The molecule has 0 bridgehead atoms. The molecule has 0 fully saturated rings. The molecular weight excluding hydrogens is 292 g/mol. The Kier molecular flexibility index (Phi) is 7.24. The van der Waals surface area contributed by atoms with Crippen LogP contribution in [-0.2, 0) is 12.3 Å². The molecule has 7 nitrogen and oxygen atoms in total. The van der Waals surface area contributed by atoms with Crippen LogP contribution in [-0.4, -0.2) is 48.1 Å². The first-order chi connectivity index (χ1) is 9.90. The molecule has 2 N–H and O–H groups in total. The summed E-state index contributed by atoms with van der Waals surface area (Å²) >= 11 is 1.66. The second-order valence-electron chi connectivity index (χ2n) is 4.93. The number of hydrogen-bond donors (Lipinski definition) is 1. The fourth-order valence-electron chi connectivity index (χ4n) is 1.55. The minimum atomic E-state index is -0.923. The summed E-state index contributed by atoms with van der Waals surface area (Å²) in [6, 6.07) is 3.02. The van der Waals surface area contributed by atoms with E-state index in [9.17, 15) is 10.1 Å². The number of nitro groups is 1. The van der Waals surface area contributed by atoms with Crippen LogP contribution in [0.1, 0.15) is 18.4 Å². The van der Waals surface area contributed by atoms with Crippen LogP contribution in [0.4, 0.5) is 0 Å². The first-order valence-electron chi connectivity index (χ1n) is 6.63. The zero-order valence-corrected chi connectivity index (χ0v) is 13.4. The van der Waals surface area contributed by atoms with Crippen molar-refractivity contribution in [1.29, 1.82) is 0 Å². The van der Waals surface area contributed by atoms with Gasteiger partial charge in [0.2, 0.25) is 0 Å². The number of nitrogens with two attached hydrogens (primary N) is 1. The van der Waals surface area contributed by atoms with E-state index >= 15 is 0 Å². The summed E-state index contributed by atoms with van der Waals surface area (Å²) in [5.41, 5.74) is 5.54. The molecule has 8 heteroatoms. The topological polar surface area (TPSA) is 97.9 Å². The normalized spacial score (nSPS) is 13.6. The fraction of sp³-hybridized carbons (Fsp3) is 0.615. The van der Waals surface area contributed by atoms with Crippen LogP contribution >= 0.6 is 11.8 Å². The Morgan fingerprint density at radius 2 is 2.19 bits per heavy atom. The Morgan fingerprint density at radius 1 is 1.52 bits per heavy atom. The summed E-state index contributed by atoms with van der Waals surface area (Å²) in [4.78, 5) is 16.1. The van der Waals surface area contributed by atoms with Gasteiger partial charge in [0.15, 0.2) is 5.84 Å². The molecule has 1 aromatic heterocycles. The molecule has 1 rings (SSSR count). The van der Waals surface area contributed by atoms with Gasteiger partial charge in [-0.05, 0) is 26.2 Å². The van der Waals surface area contributed by atoms with Crippen LogP contribution in [0.15, 0.2) is 21.5 Å². The maximum Gasteiger partial charge on any atom is 0.266 e. The molecule has 0 saturated carbocycles. The number of nitrogens with zero attached hydrogens (tertiary/aromatic N) is 3. The van der Waals surface area contributed by atoms with Gasteiger partial charge < -0.3 is 15.1 Å². The predicted molar refractivity (Wildman–Crippen MR) is 85.2 cm³/mol. The number of aliphatic imine (C=N–C) groups is 1. The highest BCUT2D eigenvalue weighted by Gasteiger charge is 2.16. The van der Waals surface area contributed by atoms with Crippen LogP contribution in [0.5, 0.6) is 0 Å². The summed E-state index contributed by atoms with van der Waals surface area (Å²) in [6.07, 6.45) is 0. The number of hydrogen-bond acceptors (Lipinski definition) is 6. The lowest BCUT2D eigenvalue weighted by Crippen LogP contribution is -2.33. The molecule has 1 unspecified atom stereocenters. The van der Waals surface area contributed by atoms with E-state index in [-0.39, 0.29) is 5.84 Å². The Hall–Kier alpha value is -1.54. The van der Waals surface area contributed by atoms with Gasteiger partial charge in [-0.15, -0.1) is 0 Å². The first kappa shape index (κ1) is 17.5.